The summed E-state index contributed by atoms with van der Waals surface area (Å²) in [7, 11) is -3.54. The van der Waals surface area contributed by atoms with Crippen LogP contribution < -0.4 is 5.73 Å². The van der Waals surface area contributed by atoms with E-state index < -0.39 is 10.0 Å². The van der Waals surface area contributed by atoms with Gasteiger partial charge in [-0.15, -0.1) is 0 Å². The predicted molar refractivity (Wildman–Crippen MR) is 82.3 cm³/mol. The van der Waals surface area contributed by atoms with Crippen LogP contribution in [-0.4, -0.2) is 41.4 Å². The van der Waals surface area contributed by atoms with Crippen molar-refractivity contribution in [2.45, 2.75) is 57.1 Å². The van der Waals surface area contributed by atoms with Crippen LogP contribution in [0.25, 0.3) is 0 Å². The van der Waals surface area contributed by atoms with Crippen molar-refractivity contribution in [2.75, 3.05) is 13.1 Å². The average Bonchev–Trinajstić information content (AvgIpc) is 2.98. The summed E-state index contributed by atoms with van der Waals surface area (Å²) in [6, 6.07) is 0.00512. The van der Waals surface area contributed by atoms with E-state index in [9.17, 15) is 8.42 Å². The number of imidazole rings is 1. The third-order valence-corrected chi connectivity index (χ3v) is 6.29. The minimum absolute atomic E-state index is 0.00512. The van der Waals surface area contributed by atoms with E-state index in [0.717, 1.165) is 25.7 Å². The third-order valence-electron chi connectivity index (χ3n) is 4.40. The number of nitrogens with two attached hydrogens (primary N) is 1. The minimum Gasteiger partial charge on any atom is -0.336 e. The van der Waals surface area contributed by atoms with Gasteiger partial charge >= 0.3 is 0 Å². The van der Waals surface area contributed by atoms with Gasteiger partial charge in [-0.25, -0.2) is 13.4 Å². The van der Waals surface area contributed by atoms with Gasteiger partial charge in [0.05, 0.1) is 6.33 Å². The van der Waals surface area contributed by atoms with Crippen molar-refractivity contribution >= 4 is 10.0 Å². The first-order valence-electron chi connectivity index (χ1n) is 7.78. The molecule has 0 bridgehead atoms. The van der Waals surface area contributed by atoms with Gasteiger partial charge in [-0.2, -0.15) is 4.31 Å². The van der Waals surface area contributed by atoms with Gasteiger partial charge in [0, 0.05) is 25.3 Å². The van der Waals surface area contributed by atoms with E-state index in [0.29, 0.717) is 19.6 Å². The molecular weight excluding hydrogens is 288 g/mol. The molecule has 6 nitrogen and oxygen atoms in total. The predicted octanol–water partition coefficient (Wildman–Crippen LogP) is 1.43. The first-order valence-corrected chi connectivity index (χ1v) is 9.22. The van der Waals surface area contributed by atoms with Crippen molar-refractivity contribution in [1.82, 2.24) is 13.9 Å². The van der Waals surface area contributed by atoms with Crippen molar-refractivity contribution < 1.29 is 8.42 Å². The van der Waals surface area contributed by atoms with Crippen LogP contribution in [0.15, 0.2) is 17.6 Å². The Labute approximate surface area is 127 Å². The van der Waals surface area contributed by atoms with Crippen LogP contribution >= 0.6 is 0 Å². The van der Waals surface area contributed by atoms with Crippen molar-refractivity contribution in [1.29, 1.82) is 0 Å². The molecule has 0 radical (unpaired) electrons. The molecule has 1 aliphatic carbocycles. The van der Waals surface area contributed by atoms with E-state index in [4.69, 9.17) is 5.73 Å². The van der Waals surface area contributed by atoms with Crippen molar-refractivity contribution in [3.8, 4) is 0 Å². The molecule has 2 N–H and O–H groups in total. The number of sulfonamides is 1. The number of hydrogen-bond acceptors (Lipinski definition) is 4. The zero-order valence-electron chi connectivity index (χ0n) is 12.9. The van der Waals surface area contributed by atoms with Gasteiger partial charge in [-0.3, -0.25) is 0 Å². The van der Waals surface area contributed by atoms with Gasteiger partial charge in [0.2, 0.25) is 0 Å². The minimum atomic E-state index is -3.54. The van der Waals surface area contributed by atoms with Crippen LogP contribution in [0.5, 0.6) is 0 Å². The van der Waals surface area contributed by atoms with Crippen LogP contribution in [-0.2, 0) is 16.6 Å². The van der Waals surface area contributed by atoms with Crippen LogP contribution in [0.1, 0.15) is 39.5 Å². The molecule has 0 aliphatic heterocycles. The quantitative estimate of drug-likeness (QED) is 0.861. The molecule has 1 aromatic rings. The molecule has 1 fully saturated rings. The Morgan fingerprint density at radius 2 is 2.10 bits per heavy atom. The maximum absolute atomic E-state index is 12.9. The molecular formula is C14H26N4O2S. The summed E-state index contributed by atoms with van der Waals surface area (Å²) in [4.78, 5) is 4.08. The summed E-state index contributed by atoms with van der Waals surface area (Å²) in [5.41, 5.74) is 5.85. The second-order valence-electron chi connectivity index (χ2n) is 5.60. The lowest BCUT2D eigenvalue weighted by Crippen LogP contribution is -2.47. The Balaban J connectivity index is 2.30. The van der Waals surface area contributed by atoms with Crippen LogP contribution in [0.3, 0.4) is 0 Å². The van der Waals surface area contributed by atoms with Gasteiger partial charge in [0.1, 0.15) is 0 Å². The zero-order chi connectivity index (χ0) is 15.5. The maximum atomic E-state index is 12.9. The normalized spacial score (nSPS) is 23.6. The second-order valence-corrected chi connectivity index (χ2v) is 7.44. The summed E-state index contributed by atoms with van der Waals surface area (Å²) in [5.74, 6) is 0.252. The molecule has 2 unspecified atom stereocenters. The molecule has 2 atom stereocenters. The first kappa shape index (κ1) is 16.5. The number of aryl methyl sites for hydroxylation is 1. The molecule has 1 saturated carbocycles. The fraction of sp³-hybridized carbons (Fsp3) is 0.786. The number of aromatic nitrogens is 2. The Hall–Kier alpha value is -0.920. The SMILES string of the molecule is CCN(C1CCCCC1CN)S(=O)(=O)c1cn(CC)cn1. The summed E-state index contributed by atoms with van der Waals surface area (Å²) in [6.07, 6.45) is 7.29. The van der Waals surface area contributed by atoms with Gasteiger partial charge in [-0.05, 0) is 32.2 Å². The van der Waals surface area contributed by atoms with Crippen molar-refractivity contribution in [3.05, 3.63) is 12.5 Å². The number of rotatable bonds is 6. The second kappa shape index (κ2) is 6.89. The average molecular weight is 314 g/mol. The molecule has 21 heavy (non-hydrogen) atoms. The molecule has 1 heterocycles. The fourth-order valence-corrected chi connectivity index (χ4v) is 4.85. The third kappa shape index (κ3) is 3.30. The topological polar surface area (TPSA) is 81.2 Å². The zero-order valence-corrected chi connectivity index (χ0v) is 13.7. The lowest BCUT2D eigenvalue weighted by Gasteiger charge is -2.37. The lowest BCUT2D eigenvalue weighted by molar-refractivity contribution is 0.187. The van der Waals surface area contributed by atoms with Gasteiger partial charge in [-0.1, -0.05) is 19.8 Å². The van der Waals surface area contributed by atoms with Crippen molar-refractivity contribution in [3.63, 3.8) is 0 Å². The summed E-state index contributed by atoms with van der Waals surface area (Å²) in [6.45, 7) is 5.56. The Morgan fingerprint density at radius 3 is 2.67 bits per heavy atom. The highest BCUT2D eigenvalue weighted by molar-refractivity contribution is 7.89. The van der Waals surface area contributed by atoms with E-state index in [1.165, 1.54) is 0 Å². The van der Waals surface area contributed by atoms with Gasteiger partial charge in [0.15, 0.2) is 5.03 Å². The largest absolute Gasteiger partial charge is 0.336 e. The van der Waals surface area contributed by atoms with Crippen LogP contribution in [0.4, 0.5) is 0 Å². The van der Waals surface area contributed by atoms with E-state index in [1.54, 1.807) is 21.4 Å². The van der Waals surface area contributed by atoms with E-state index in [-0.39, 0.29) is 17.0 Å². The summed E-state index contributed by atoms with van der Waals surface area (Å²) >= 11 is 0. The Kier molecular flexibility index (Phi) is 5.40. The molecule has 0 spiro atoms. The molecule has 0 saturated heterocycles. The molecule has 120 valence electrons. The Morgan fingerprint density at radius 1 is 1.38 bits per heavy atom. The van der Waals surface area contributed by atoms with Crippen LogP contribution in [0.2, 0.25) is 0 Å². The molecule has 1 aliphatic rings. The fourth-order valence-electron chi connectivity index (χ4n) is 3.19. The monoisotopic (exact) mass is 314 g/mol. The van der Waals surface area contributed by atoms with Gasteiger partial charge in [0.25, 0.3) is 10.0 Å². The standard InChI is InChI=1S/C14H26N4O2S/c1-3-17-10-14(16-11-17)21(19,20)18(4-2)13-8-6-5-7-12(13)9-15/h10-13H,3-9,15H2,1-2H3. The molecule has 1 aromatic heterocycles. The van der Waals surface area contributed by atoms with E-state index in [1.807, 2.05) is 13.8 Å². The van der Waals surface area contributed by atoms with Crippen molar-refractivity contribution in [2.24, 2.45) is 11.7 Å². The molecule has 7 heteroatoms. The number of nitrogens with zero attached hydrogens (tertiary/aromatic N) is 3. The van der Waals surface area contributed by atoms with Crippen LogP contribution in [0, 0.1) is 5.92 Å². The first-order chi connectivity index (χ1) is 10.0. The molecule has 2 rings (SSSR count). The highest BCUT2D eigenvalue weighted by Crippen LogP contribution is 2.31. The molecule has 0 aromatic carbocycles. The van der Waals surface area contributed by atoms with E-state index in [2.05, 4.69) is 4.98 Å². The molecule has 0 amide bonds. The smallest absolute Gasteiger partial charge is 0.262 e. The lowest BCUT2D eigenvalue weighted by atomic mass is 9.84. The maximum Gasteiger partial charge on any atom is 0.262 e. The highest BCUT2D eigenvalue weighted by Gasteiger charge is 2.37. The number of hydrogen-bond donors (Lipinski definition) is 1. The highest BCUT2D eigenvalue weighted by atomic mass is 32.2. The summed E-state index contributed by atoms with van der Waals surface area (Å²) < 4.78 is 29.1. The Bertz CT molecular complexity index is 555. The van der Waals surface area contributed by atoms with Gasteiger partial charge < -0.3 is 10.3 Å². The van der Waals surface area contributed by atoms with E-state index >= 15 is 0 Å². The summed E-state index contributed by atoms with van der Waals surface area (Å²) in [5, 5.41) is 0.146.